The molecule has 0 radical (unpaired) electrons. The average Bonchev–Trinajstić information content (AvgIpc) is 2.99. The van der Waals surface area contributed by atoms with Crippen LogP contribution in [-0.2, 0) is 37.3 Å². The zero-order valence-electron chi connectivity index (χ0n) is 18.0. The molecular formula is C19H33N3O5S2. The van der Waals surface area contributed by atoms with E-state index in [1.54, 1.807) is 32.1 Å². The first-order valence-electron chi connectivity index (χ1n) is 9.90. The Balaban J connectivity index is 1.95. The van der Waals surface area contributed by atoms with Gasteiger partial charge in [-0.25, -0.2) is 13.4 Å². The lowest BCUT2D eigenvalue weighted by Gasteiger charge is -2.34. The number of carbonyl (C=O) groups excluding carboxylic acids is 1. The van der Waals surface area contributed by atoms with Gasteiger partial charge in [0.05, 0.1) is 29.7 Å². The van der Waals surface area contributed by atoms with Gasteiger partial charge in [-0.05, 0) is 33.6 Å². The van der Waals surface area contributed by atoms with Gasteiger partial charge in [-0.2, -0.15) is 4.31 Å². The second-order valence-corrected chi connectivity index (χ2v) is 11.3. The van der Waals surface area contributed by atoms with E-state index in [0.29, 0.717) is 19.7 Å². The van der Waals surface area contributed by atoms with Crippen LogP contribution in [0.15, 0.2) is 5.38 Å². The SMILES string of the molecule is CCCc1nc(CN2CCO[C@H](CN(CC(=O)OC(C)(C)C)S(C)(=O)=O)C2)cs1. The van der Waals surface area contributed by atoms with E-state index < -0.39 is 21.6 Å². The summed E-state index contributed by atoms with van der Waals surface area (Å²) >= 11 is 1.68. The normalized spacial score (nSPS) is 18.9. The number of carbonyl (C=O) groups is 1. The van der Waals surface area contributed by atoms with Crippen molar-refractivity contribution in [3.63, 3.8) is 0 Å². The van der Waals surface area contributed by atoms with E-state index in [-0.39, 0.29) is 19.2 Å². The van der Waals surface area contributed by atoms with E-state index in [2.05, 4.69) is 22.2 Å². The first kappa shape index (κ1) is 24.2. The third kappa shape index (κ3) is 8.67. The van der Waals surface area contributed by atoms with Crippen LogP contribution >= 0.6 is 11.3 Å². The lowest BCUT2D eigenvalue weighted by molar-refractivity contribution is -0.155. The van der Waals surface area contributed by atoms with Crippen LogP contribution in [0.1, 0.15) is 44.8 Å². The molecule has 0 saturated carbocycles. The molecule has 2 rings (SSSR count). The second-order valence-electron chi connectivity index (χ2n) is 8.35. The molecule has 0 amide bonds. The minimum absolute atomic E-state index is 0.118. The first-order chi connectivity index (χ1) is 13.5. The van der Waals surface area contributed by atoms with Crippen molar-refractivity contribution in [2.24, 2.45) is 0 Å². The molecule has 0 N–H and O–H groups in total. The third-order valence-corrected chi connectivity index (χ3v) is 6.45. The van der Waals surface area contributed by atoms with Gasteiger partial charge in [-0.1, -0.05) is 6.92 Å². The van der Waals surface area contributed by atoms with E-state index >= 15 is 0 Å². The summed E-state index contributed by atoms with van der Waals surface area (Å²) in [6.07, 6.45) is 2.85. The average molecular weight is 448 g/mol. The zero-order chi connectivity index (χ0) is 21.7. The van der Waals surface area contributed by atoms with Crippen LogP contribution in [0.5, 0.6) is 0 Å². The van der Waals surface area contributed by atoms with E-state index in [0.717, 1.165) is 40.6 Å². The predicted molar refractivity (Wildman–Crippen MR) is 113 cm³/mol. The van der Waals surface area contributed by atoms with E-state index in [4.69, 9.17) is 9.47 Å². The number of thiazole rings is 1. The minimum Gasteiger partial charge on any atom is -0.459 e. The first-order valence-corrected chi connectivity index (χ1v) is 12.6. The van der Waals surface area contributed by atoms with Crippen LogP contribution in [0, 0.1) is 0 Å². The van der Waals surface area contributed by atoms with Crippen LogP contribution < -0.4 is 0 Å². The molecular weight excluding hydrogens is 414 g/mol. The topological polar surface area (TPSA) is 89.0 Å². The molecule has 29 heavy (non-hydrogen) atoms. The molecule has 1 aliphatic heterocycles. The Bertz CT molecular complexity index is 773. The number of ether oxygens (including phenoxy) is 2. The van der Waals surface area contributed by atoms with Crippen molar-refractivity contribution in [1.82, 2.24) is 14.2 Å². The number of morpholine rings is 1. The molecule has 0 unspecified atom stereocenters. The van der Waals surface area contributed by atoms with Gasteiger partial charge in [0.2, 0.25) is 10.0 Å². The maximum atomic E-state index is 12.2. The van der Waals surface area contributed by atoms with Crippen molar-refractivity contribution >= 4 is 27.3 Å². The molecule has 8 nitrogen and oxygen atoms in total. The predicted octanol–water partition coefficient (Wildman–Crippen LogP) is 1.90. The molecule has 1 atom stereocenters. The lowest BCUT2D eigenvalue weighted by Crippen LogP contribution is -2.49. The fourth-order valence-electron chi connectivity index (χ4n) is 3.08. The van der Waals surface area contributed by atoms with Crippen LogP contribution in [-0.4, -0.2) is 79.3 Å². The molecule has 1 aliphatic rings. The summed E-state index contributed by atoms with van der Waals surface area (Å²) in [6.45, 7) is 9.77. The molecule has 1 aromatic heterocycles. The van der Waals surface area contributed by atoms with Crippen molar-refractivity contribution in [3.05, 3.63) is 16.1 Å². The Kier molecular flexibility index (Phi) is 8.59. The smallest absolute Gasteiger partial charge is 0.321 e. The number of hydrogen-bond donors (Lipinski definition) is 0. The molecule has 0 aliphatic carbocycles. The summed E-state index contributed by atoms with van der Waals surface area (Å²) in [5.41, 5.74) is 0.371. The van der Waals surface area contributed by atoms with E-state index in [1.807, 2.05) is 0 Å². The van der Waals surface area contributed by atoms with Crippen LogP contribution in [0.2, 0.25) is 0 Å². The lowest BCUT2D eigenvalue weighted by atomic mass is 10.2. The third-order valence-electron chi connectivity index (χ3n) is 4.27. The second kappa shape index (κ2) is 10.3. The van der Waals surface area contributed by atoms with Gasteiger partial charge >= 0.3 is 5.97 Å². The highest BCUT2D eigenvalue weighted by Gasteiger charge is 2.30. The molecule has 1 saturated heterocycles. The number of nitrogens with zero attached hydrogens (tertiary/aromatic N) is 3. The summed E-state index contributed by atoms with van der Waals surface area (Å²) in [4.78, 5) is 19.0. The van der Waals surface area contributed by atoms with Crippen molar-refractivity contribution < 1.29 is 22.7 Å². The highest BCUT2D eigenvalue weighted by atomic mass is 32.2. The van der Waals surface area contributed by atoms with Crippen LogP contribution in [0.4, 0.5) is 0 Å². The van der Waals surface area contributed by atoms with Gasteiger partial charge in [0.25, 0.3) is 0 Å². The summed E-state index contributed by atoms with van der Waals surface area (Å²) in [6, 6.07) is 0. The van der Waals surface area contributed by atoms with Gasteiger partial charge in [0, 0.05) is 31.6 Å². The Morgan fingerprint density at radius 1 is 1.45 bits per heavy atom. The van der Waals surface area contributed by atoms with Gasteiger partial charge in [-0.15, -0.1) is 11.3 Å². The number of rotatable bonds is 9. The Hall–Kier alpha value is -1.07. The molecule has 2 heterocycles. The summed E-state index contributed by atoms with van der Waals surface area (Å²) < 4.78 is 36.6. The Labute approximate surface area is 178 Å². The number of hydrogen-bond acceptors (Lipinski definition) is 8. The van der Waals surface area contributed by atoms with Gasteiger partial charge < -0.3 is 9.47 Å². The van der Waals surface area contributed by atoms with Crippen molar-refractivity contribution in [2.45, 2.75) is 58.8 Å². The molecule has 10 heteroatoms. The highest BCUT2D eigenvalue weighted by molar-refractivity contribution is 7.88. The quantitative estimate of drug-likeness (QED) is 0.534. The van der Waals surface area contributed by atoms with E-state index in [1.165, 1.54) is 0 Å². The molecule has 0 spiro atoms. The largest absolute Gasteiger partial charge is 0.459 e. The minimum atomic E-state index is -3.57. The van der Waals surface area contributed by atoms with Crippen LogP contribution in [0.25, 0.3) is 0 Å². The molecule has 0 aromatic carbocycles. The summed E-state index contributed by atoms with van der Waals surface area (Å²) in [5.74, 6) is -0.568. The Morgan fingerprint density at radius 3 is 2.79 bits per heavy atom. The molecule has 1 aromatic rings. The number of aromatic nitrogens is 1. The molecule has 1 fully saturated rings. The molecule has 0 bridgehead atoms. The van der Waals surface area contributed by atoms with Crippen molar-refractivity contribution in [1.29, 1.82) is 0 Å². The van der Waals surface area contributed by atoms with Crippen molar-refractivity contribution in [2.75, 3.05) is 39.0 Å². The van der Waals surface area contributed by atoms with Gasteiger partial charge in [0.1, 0.15) is 12.1 Å². The fourth-order valence-corrected chi connectivity index (χ4v) is 4.74. The number of sulfonamides is 1. The van der Waals surface area contributed by atoms with Gasteiger partial charge in [-0.3, -0.25) is 9.69 Å². The van der Waals surface area contributed by atoms with Crippen molar-refractivity contribution in [3.8, 4) is 0 Å². The monoisotopic (exact) mass is 447 g/mol. The summed E-state index contributed by atoms with van der Waals surface area (Å²) in [7, 11) is -3.57. The molecule has 166 valence electrons. The number of aryl methyl sites for hydroxylation is 1. The maximum absolute atomic E-state index is 12.2. The zero-order valence-corrected chi connectivity index (χ0v) is 19.6. The summed E-state index contributed by atoms with van der Waals surface area (Å²) in [5, 5.41) is 3.23. The number of esters is 1. The maximum Gasteiger partial charge on any atom is 0.321 e. The van der Waals surface area contributed by atoms with E-state index in [9.17, 15) is 13.2 Å². The highest BCUT2D eigenvalue weighted by Crippen LogP contribution is 2.17. The van der Waals surface area contributed by atoms with Gasteiger partial charge in [0.15, 0.2) is 0 Å². The van der Waals surface area contributed by atoms with Crippen LogP contribution in [0.3, 0.4) is 0 Å². The fraction of sp³-hybridized carbons (Fsp3) is 0.789. The Morgan fingerprint density at radius 2 is 2.17 bits per heavy atom. The standard InChI is InChI=1S/C19H33N3O5S2/c1-6-7-17-20-15(14-28-17)10-21-8-9-26-16(11-21)12-22(29(5,24)25)13-18(23)27-19(2,3)4/h14,16H,6-13H2,1-5H3/t16-/m0/s1.